The van der Waals surface area contributed by atoms with E-state index in [0.29, 0.717) is 5.88 Å². The molecule has 1 aromatic rings. The van der Waals surface area contributed by atoms with E-state index in [2.05, 4.69) is 46.6 Å². The third-order valence-corrected chi connectivity index (χ3v) is 3.64. The molecule has 1 aromatic heterocycles. The first-order valence-corrected chi connectivity index (χ1v) is 7.37. The van der Waals surface area contributed by atoms with Gasteiger partial charge in [0.25, 0.3) is 0 Å². The molecule has 0 bridgehead atoms. The first kappa shape index (κ1) is 14.1. The van der Waals surface area contributed by atoms with Crippen molar-refractivity contribution in [3.05, 3.63) is 22.3 Å². The van der Waals surface area contributed by atoms with Crippen LogP contribution in [0.1, 0.15) is 26.3 Å². The Morgan fingerprint density at radius 1 is 1.61 bits per heavy atom. The van der Waals surface area contributed by atoms with Gasteiger partial charge in [0.1, 0.15) is 5.82 Å². The number of morpholine rings is 1. The van der Waals surface area contributed by atoms with Gasteiger partial charge in [-0.15, -0.1) is 11.6 Å². The molecule has 5 heteroatoms. The Kier molecular flexibility index (Phi) is 4.19. The first-order chi connectivity index (χ1) is 8.41. The largest absolute Gasteiger partial charge is 0.369 e. The molecule has 2 rings (SSSR count). The van der Waals surface area contributed by atoms with E-state index < -0.39 is 0 Å². The Bertz CT molecular complexity index is 439. The van der Waals surface area contributed by atoms with Crippen molar-refractivity contribution in [2.75, 3.05) is 18.0 Å². The maximum absolute atomic E-state index is 6.01. The molecule has 0 aromatic carbocycles. The average molecular weight is 334 g/mol. The number of hydrogen-bond acceptors (Lipinski definition) is 3. The zero-order chi connectivity index (χ0) is 13.3. The highest BCUT2D eigenvalue weighted by molar-refractivity contribution is 9.10. The Balaban J connectivity index is 2.30. The summed E-state index contributed by atoms with van der Waals surface area (Å²) in [5, 5.41) is 0. The molecule has 1 aliphatic rings. The monoisotopic (exact) mass is 332 g/mol. The van der Waals surface area contributed by atoms with Crippen LogP contribution in [0.4, 0.5) is 5.82 Å². The second-order valence-electron chi connectivity index (χ2n) is 5.34. The number of ether oxygens (including phenoxy) is 1. The minimum Gasteiger partial charge on any atom is -0.369 e. The molecule has 1 unspecified atom stereocenters. The molecular formula is C13H18BrClN2O. The lowest BCUT2D eigenvalue weighted by molar-refractivity contribution is -0.0752. The highest BCUT2D eigenvalue weighted by atomic mass is 79.9. The van der Waals surface area contributed by atoms with Gasteiger partial charge >= 0.3 is 0 Å². The van der Waals surface area contributed by atoms with Crippen LogP contribution in [-0.4, -0.2) is 29.8 Å². The first-order valence-electron chi connectivity index (χ1n) is 6.04. The molecule has 2 heterocycles. The maximum atomic E-state index is 6.01. The molecular weight excluding hydrogens is 316 g/mol. The van der Waals surface area contributed by atoms with E-state index >= 15 is 0 Å². The zero-order valence-electron chi connectivity index (χ0n) is 10.9. The summed E-state index contributed by atoms with van der Waals surface area (Å²) in [4.78, 5) is 6.77. The number of anilines is 1. The van der Waals surface area contributed by atoms with Gasteiger partial charge in [-0.2, -0.15) is 0 Å². The minimum absolute atomic E-state index is 0.157. The molecule has 0 saturated carbocycles. The third-order valence-electron chi connectivity index (χ3n) is 2.92. The van der Waals surface area contributed by atoms with Crippen molar-refractivity contribution < 1.29 is 4.74 Å². The van der Waals surface area contributed by atoms with Crippen LogP contribution in [0.5, 0.6) is 0 Å². The van der Waals surface area contributed by atoms with Gasteiger partial charge in [0.05, 0.1) is 17.6 Å². The molecule has 100 valence electrons. The van der Waals surface area contributed by atoms with Crippen LogP contribution in [0.25, 0.3) is 0 Å². The van der Waals surface area contributed by atoms with Crippen LogP contribution < -0.4 is 4.90 Å². The highest BCUT2D eigenvalue weighted by Gasteiger charge is 2.32. The summed E-state index contributed by atoms with van der Waals surface area (Å²) >= 11 is 9.44. The number of hydrogen-bond donors (Lipinski definition) is 0. The van der Waals surface area contributed by atoms with Crippen molar-refractivity contribution in [2.45, 2.75) is 38.4 Å². The van der Waals surface area contributed by atoms with E-state index in [9.17, 15) is 0 Å². The fourth-order valence-electron chi connectivity index (χ4n) is 2.47. The number of pyridine rings is 1. The smallest absolute Gasteiger partial charge is 0.133 e. The van der Waals surface area contributed by atoms with Gasteiger partial charge in [-0.25, -0.2) is 4.98 Å². The Labute approximate surface area is 122 Å². The molecule has 3 nitrogen and oxygen atoms in total. The van der Waals surface area contributed by atoms with Gasteiger partial charge in [-0.3, -0.25) is 0 Å². The number of nitrogens with zero attached hydrogens (tertiary/aromatic N) is 2. The molecule has 0 aliphatic carbocycles. The molecule has 0 radical (unpaired) electrons. The van der Waals surface area contributed by atoms with Crippen molar-refractivity contribution in [1.29, 1.82) is 0 Å². The van der Waals surface area contributed by atoms with Gasteiger partial charge in [-0.1, -0.05) is 0 Å². The van der Waals surface area contributed by atoms with Gasteiger partial charge in [0.2, 0.25) is 0 Å². The number of rotatable bonds is 2. The number of aromatic nitrogens is 1. The van der Waals surface area contributed by atoms with E-state index in [1.807, 2.05) is 12.3 Å². The molecule has 0 amide bonds. The van der Waals surface area contributed by atoms with Crippen molar-refractivity contribution in [1.82, 2.24) is 4.98 Å². The van der Waals surface area contributed by atoms with Crippen molar-refractivity contribution in [3.8, 4) is 0 Å². The summed E-state index contributed by atoms with van der Waals surface area (Å²) in [6.45, 7) is 7.98. The van der Waals surface area contributed by atoms with Crippen molar-refractivity contribution in [3.63, 3.8) is 0 Å². The van der Waals surface area contributed by atoms with E-state index in [4.69, 9.17) is 16.3 Å². The van der Waals surface area contributed by atoms with E-state index in [-0.39, 0.29) is 11.7 Å². The SMILES string of the molecule is CC1CN(c2ncc(Br)cc2CCl)CC(C)(C)O1. The Morgan fingerprint density at radius 2 is 2.33 bits per heavy atom. The standard InChI is InChI=1S/C13H18BrClN2O/c1-9-7-17(8-13(2,3)18-9)12-10(5-15)4-11(14)6-16-12/h4,6,9H,5,7-8H2,1-3H3. The molecule has 0 spiro atoms. The fourth-order valence-corrected chi connectivity index (χ4v) is 3.05. The summed E-state index contributed by atoms with van der Waals surface area (Å²) in [5.74, 6) is 1.44. The minimum atomic E-state index is -0.157. The van der Waals surface area contributed by atoms with Crippen molar-refractivity contribution in [2.24, 2.45) is 0 Å². The van der Waals surface area contributed by atoms with Crippen LogP contribution in [0.15, 0.2) is 16.7 Å². The summed E-state index contributed by atoms with van der Waals surface area (Å²) in [7, 11) is 0. The summed E-state index contributed by atoms with van der Waals surface area (Å²) < 4.78 is 6.87. The maximum Gasteiger partial charge on any atom is 0.133 e. The lowest BCUT2D eigenvalue weighted by Crippen LogP contribution is -2.52. The van der Waals surface area contributed by atoms with Gasteiger partial charge in [0.15, 0.2) is 0 Å². The lowest BCUT2D eigenvalue weighted by Gasteiger charge is -2.42. The van der Waals surface area contributed by atoms with Crippen LogP contribution in [0.3, 0.4) is 0 Å². The Hall–Kier alpha value is -0.320. The van der Waals surface area contributed by atoms with Crippen LogP contribution >= 0.6 is 27.5 Å². The van der Waals surface area contributed by atoms with Crippen LogP contribution in [0, 0.1) is 0 Å². The highest BCUT2D eigenvalue weighted by Crippen LogP contribution is 2.29. The topological polar surface area (TPSA) is 25.4 Å². The van der Waals surface area contributed by atoms with Gasteiger partial charge in [-0.05, 0) is 42.8 Å². The van der Waals surface area contributed by atoms with E-state index in [1.54, 1.807) is 0 Å². The second-order valence-corrected chi connectivity index (χ2v) is 6.52. The van der Waals surface area contributed by atoms with Crippen LogP contribution in [0.2, 0.25) is 0 Å². The number of alkyl halides is 1. The third kappa shape index (κ3) is 3.16. The number of halogens is 2. The van der Waals surface area contributed by atoms with Gasteiger partial charge < -0.3 is 9.64 Å². The summed E-state index contributed by atoms with van der Waals surface area (Å²) in [6.07, 6.45) is 2.01. The molecule has 1 saturated heterocycles. The molecule has 1 fully saturated rings. The van der Waals surface area contributed by atoms with Gasteiger partial charge in [0, 0.05) is 29.3 Å². The molecule has 1 atom stereocenters. The second kappa shape index (κ2) is 5.35. The predicted octanol–water partition coefficient (Wildman–Crippen LogP) is 3.59. The lowest BCUT2D eigenvalue weighted by atomic mass is 10.1. The Morgan fingerprint density at radius 3 is 2.94 bits per heavy atom. The molecule has 18 heavy (non-hydrogen) atoms. The summed E-state index contributed by atoms with van der Waals surface area (Å²) in [5.41, 5.74) is 0.895. The predicted molar refractivity (Wildman–Crippen MR) is 78.3 cm³/mol. The van der Waals surface area contributed by atoms with Crippen LogP contribution in [-0.2, 0) is 10.6 Å². The zero-order valence-corrected chi connectivity index (χ0v) is 13.3. The quantitative estimate of drug-likeness (QED) is 0.773. The van der Waals surface area contributed by atoms with Crippen molar-refractivity contribution >= 4 is 33.3 Å². The average Bonchev–Trinajstić information content (AvgIpc) is 2.25. The molecule has 1 aliphatic heterocycles. The summed E-state index contributed by atoms with van der Waals surface area (Å²) in [6, 6.07) is 2.03. The fraction of sp³-hybridized carbons (Fsp3) is 0.615. The van der Waals surface area contributed by atoms with E-state index in [0.717, 1.165) is 28.9 Å². The molecule has 0 N–H and O–H groups in total. The van der Waals surface area contributed by atoms with E-state index in [1.165, 1.54) is 0 Å². The normalized spacial score (nSPS) is 23.2.